The van der Waals surface area contributed by atoms with Gasteiger partial charge < -0.3 is 9.22 Å². The van der Waals surface area contributed by atoms with Gasteiger partial charge in [-0.2, -0.15) is 0 Å². The Morgan fingerprint density at radius 3 is 1.81 bits per heavy atom. The SMILES string of the molecule is CC[N+](CC)(CC)Cc1ccc(OC)cc1. The van der Waals surface area contributed by atoms with E-state index in [1.165, 1.54) is 25.2 Å². The van der Waals surface area contributed by atoms with E-state index in [-0.39, 0.29) is 0 Å². The van der Waals surface area contributed by atoms with Gasteiger partial charge in [0.05, 0.1) is 26.7 Å². The molecule has 2 nitrogen and oxygen atoms in total. The lowest BCUT2D eigenvalue weighted by Crippen LogP contribution is -2.46. The van der Waals surface area contributed by atoms with Crippen LogP contribution in [0.5, 0.6) is 5.75 Å². The first-order chi connectivity index (χ1) is 7.69. The normalized spacial score (nSPS) is 11.5. The smallest absolute Gasteiger partial charge is 0.118 e. The Morgan fingerprint density at radius 1 is 0.938 bits per heavy atom. The molecule has 1 rings (SSSR count). The summed E-state index contributed by atoms with van der Waals surface area (Å²) in [7, 11) is 1.71. The molecule has 1 aromatic rings. The van der Waals surface area contributed by atoms with E-state index in [1.807, 2.05) is 12.1 Å². The molecule has 0 aliphatic carbocycles. The van der Waals surface area contributed by atoms with Crippen molar-refractivity contribution in [2.75, 3.05) is 26.7 Å². The first kappa shape index (κ1) is 13.0. The minimum atomic E-state index is 0.936. The van der Waals surface area contributed by atoms with E-state index in [1.54, 1.807) is 7.11 Å². The minimum absolute atomic E-state index is 0.936. The summed E-state index contributed by atoms with van der Waals surface area (Å²) >= 11 is 0. The summed E-state index contributed by atoms with van der Waals surface area (Å²) < 4.78 is 6.33. The van der Waals surface area contributed by atoms with Crippen LogP contribution in [-0.2, 0) is 6.54 Å². The van der Waals surface area contributed by atoms with Crippen molar-refractivity contribution in [3.63, 3.8) is 0 Å². The molecule has 0 aromatic heterocycles. The summed E-state index contributed by atoms with van der Waals surface area (Å²) in [6, 6.07) is 8.44. The maximum Gasteiger partial charge on any atom is 0.118 e. The average molecular weight is 222 g/mol. The third-order valence-electron chi connectivity index (χ3n) is 3.69. The number of nitrogens with zero attached hydrogens (tertiary/aromatic N) is 1. The van der Waals surface area contributed by atoms with Crippen LogP contribution in [0.3, 0.4) is 0 Å². The monoisotopic (exact) mass is 222 g/mol. The Morgan fingerprint density at radius 2 is 1.44 bits per heavy atom. The summed E-state index contributed by atoms with van der Waals surface area (Å²) in [4.78, 5) is 0. The van der Waals surface area contributed by atoms with E-state index in [0.29, 0.717) is 0 Å². The third-order valence-corrected chi connectivity index (χ3v) is 3.69. The number of hydrogen-bond acceptors (Lipinski definition) is 1. The van der Waals surface area contributed by atoms with Gasteiger partial charge in [-0.25, -0.2) is 0 Å². The van der Waals surface area contributed by atoms with Crippen LogP contribution in [0, 0.1) is 0 Å². The van der Waals surface area contributed by atoms with Crippen LogP contribution in [0.1, 0.15) is 26.3 Å². The predicted octanol–water partition coefficient (Wildman–Crippen LogP) is 3.07. The zero-order valence-corrected chi connectivity index (χ0v) is 11.0. The molecule has 0 heterocycles. The van der Waals surface area contributed by atoms with Crippen molar-refractivity contribution < 1.29 is 9.22 Å². The summed E-state index contributed by atoms with van der Waals surface area (Å²) in [5, 5.41) is 0. The molecule has 0 saturated heterocycles. The van der Waals surface area contributed by atoms with Crippen molar-refractivity contribution in [2.24, 2.45) is 0 Å². The van der Waals surface area contributed by atoms with Gasteiger partial charge in [-0.05, 0) is 45.0 Å². The highest BCUT2D eigenvalue weighted by Crippen LogP contribution is 2.17. The van der Waals surface area contributed by atoms with Crippen molar-refractivity contribution in [2.45, 2.75) is 27.3 Å². The lowest BCUT2D eigenvalue weighted by atomic mass is 10.1. The van der Waals surface area contributed by atoms with Crippen LogP contribution in [0.2, 0.25) is 0 Å². The van der Waals surface area contributed by atoms with Crippen LogP contribution < -0.4 is 4.74 Å². The zero-order valence-electron chi connectivity index (χ0n) is 11.0. The molecule has 0 radical (unpaired) electrons. The molecule has 1 aromatic carbocycles. The molecular formula is C14H24NO+. The molecule has 0 unspecified atom stereocenters. The van der Waals surface area contributed by atoms with Gasteiger partial charge in [-0.1, -0.05) is 0 Å². The number of methoxy groups -OCH3 is 1. The summed E-state index contributed by atoms with van der Waals surface area (Å²) in [5.41, 5.74) is 1.39. The van der Waals surface area contributed by atoms with Gasteiger partial charge in [0.1, 0.15) is 12.3 Å². The van der Waals surface area contributed by atoms with Crippen molar-refractivity contribution in [3.05, 3.63) is 29.8 Å². The molecule has 0 N–H and O–H groups in total. The molecule has 90 valence electrons. The van der Waals surface area contributed by atoms with Gasteiger partial charge in [0.25, 0.3) is 0 Å². The quantitative estimate of drug-likeness (QED) is 0.672. The number of rotatable bonds is 6. The second-order valence-electron chi connectivity index (χ2n) is 4.30. The molecule has 0 saturated carbocycles. The van der Waals surface area contributed by atoms with E-state index in [9.17, 15) is 0 Å². The maximum absolute atomic E-state index is 5.17. The van der Waals surface area contributed by atoms with Gasteiger partial charge in [0.2, 0.25) is 0 Å². The van der Waals surface area contributed by atoms with Crippen LogP contribution >= 0.6 is 0 Å². The van der Waals surface area contributed by atoms with Crippen molar-refractivity contribution in [1.29, 1.82) is 0 Å². The topological polar surface area (TPSA) is 9.23 Å². The van der Waals surface area contributed by atoms with Gasteiger partial charge in [-0.15, -0.1) is 0 Å². The van der Waals surface area contributed by atoms with E-state index in [4.69, 9.17) is 4.74 Å². The molecule has 16 heavy (non-hydrogen) atoms. The Hall–Kier alpha value is -1.02. The predicted molar refractivity (Wildman–Crippen MR) is 68.6 cm³/mol. The van der Waals surface area contributed by atoms with Crippen LogP contribution in [0.25, 0.3) is 0 Å². The van der Waals surface area contributed by atoms with Crippen molar-refractivity contribution in [3.8, 4) is 5.75 Å². The Kier molecular flexibility index (Phi) is 4.81. The minimum Gasteiger partial charge on any atom is -0.497 e. The average Bonchev–Trinajstić information content (AvgIpc) is 2.37. The van der Waals surface area contributed by atoms with E-state index < -0.39 is 0 Å². The second-order valence-corrected chi connectivity index (χ2v) is 4.30. The molecule has 0 aliphatic rings. The van der Waals surface area contributed by atoms with E-state index in [2.05, 4.69) is 32.9 Å². The van der Waals surface area contributed by atoms with E-state index in [0.717, 1.165) is 16.8 Å². The largest absolute Gasteiger partial charge is 0.497 e. The van der Waals surface area contributed by atoms with Gasteiger partial charge in [-0.3, -0.25) is 0 Å². The Bertz CT molecular complexity index is 293. The molecule has 0 bridgehead atoms. The third kappa shape index (κ3) is 2.99. The fourth-order valence-corrected chi connectivity index (χ4v) is 2.12. The fourth-order valence-electron chi connectivity index (χ4n) is 2.12. The van der Waals surface area contributed by atoms with Gasteiger partial charge >= 0.3 is 0 Å². The molecule has 0 spiro atoms. The highest BCUT2D eigenvalue weighted by Gasteiger charge is 2.20. The number of quaternary nitrogens is 1. The van der Waals surface area contributed by atoms with Crippen molar-refractivity contribution in [1.82, 2.24) is 0 Å². The first-order valence-corrected chi connectivity index (χ1v) is 6.17. The lowest BCUT2D eigenvalue weighted by Gasteiger charge is -2.35. The Labute approximate surface area is 99.4 Å². The van der Waals surface area contributed by atoms with Gasteiger partial charge in [0, 0.05) is 5.56 Å². The van der Waals surface area contributed by atoms with Crippen LogP contribution in [-0.4, -0.2) is 31.2 Å². The second kappa shape index (κ2) is 5.90. The van der Waals surface area contributed by atoms with Crippen LogP contribution in [0.15, 0.2) is 24.3 Å². The van der Waals surface area contributed by atoms with Crippen molar-refractivity contribution >= 4 is 0 Å². The highest BCUT2D eigenvalue weighted by molar-refractivity contribution is 5.26. The number of benzene rings is 1. The molecule has 0 aliphatic heterocycles. The fraction of sp³-hybridized carbons (Fsp3) is 0.571. The lowest BCUT2D eigenvalue weighted by molar-refractivity contribution is -0.936. The highest BCUT2D eigenvalue weighted by atomic mass is 16.5. The van der Waals surface area contributed by atoms with Crippen LogP contribution in [0.4, 0.5) is 0 Å². The number of ether oxygens (including phenoxy) is 1. The number of hydrogen-bond donors (Lipinski definition) is 0. The first-order valence-electron chi connectivity index (χ1n) is 6.17. The Balaban J connectivity index is 2.77. The summed E-state index contributed by atoms with van der Waals surface area (Å²) in [6.45, 7) is 11.5. The molecule has 0 amide bonds. The van der Waals surface area contributed by atoms with Gasteiger partial charge in [0.15, 0.2) is 0 Å². The standard InChI is InChI=1S/C14H24NO/c1-5-15(6-2,7-3)12-13-8-10-14(16-4)11-9-13/h8-11H,5-7,12H2,1-4H3/q+1. The molecule has 2 heteroatoms. The zero-order chi connectivity index (χ0) is 12.0. The molecule has 0 fully saturated rings. The molecular weight excluding hydrogens is 198 g/mol. The summed E-state index contributed by atoms with van der Waals surface area (Å²) in [5.74, 6) is 0.936. The maximum atomic E-state index is 5.17. The molecule has 0 atom stereocenters. The summed E-state index contributed by atoms with van der Waals surface area (Å²) in [6.07, 6.45) is 0. The van der Waals surface area contributed by atoms with E-state index >= 15 is 0 Å².